The van der Waals surface area contributed by atoms with Crippen LogP contribution in [0.2, 0.25) is 0 Å². The summed E-state index contributed by atoms with van der Waals surface area (Å²) in [5.74, 6) is 0.214. The first-order valence-corrected chi connectivity index (χ1v) is 6.21. The Hall–Kier alpha value is -2.68. The van der Waals surface area contributed by atoms with Crippen LogP contribution in [0.4, 0.5) is 0 Å². The van der Waals surface area contributed by atoms with E-state index in [1.54, 1.807) is 0 Å². The van der Waals surface area contributed by atoms with Crippen molar-refractivity contribution in [3.63, 3.8) is 0 Å². The highest BCUT2D eigenvalue weighted by Crippen LogP contribution is 2.39. The number of aromatic nitrogens is 2. The van der Waals surface area contributed by atoms with Gasteiger partial charge in [-0.15, -0.1) is 0 Å². The summed E-state index contributed by atoms with van der Waals surface area (Å²) in [7, 11) is 0. The Morgan fingerprint density at radius 2 is 1.47 bits per heavy atom. The molecular weight excluding hydrogens is 236 g/mol. The van der Waals surface area contributed by atoms with Crippen molar-refractivity contribution in [3.8, 4) is 17.0 Å². The molecule has 19 heavy (non-hydrogen) atoms. The van der Waals surface area contributed by atoms with E-state index in [1.165, 1.54) is 0 Å². The summed E-state index contributed by atoms with van der Waals surface area (Å²) < 4.78 is 0. The third kappa shape index (κ3) is 1.38. The molecule has 0 spiro atoms. The lowest BCUT2D eigenvalue weighted by Gasteiger charge is -1.98. The minimum Gasteiger partial charge on any atom is -0.494 e. The summed E-state index contributed by atoms with van der Waals surface area (Å²) >= 11 is 0. The van der Waals surface area contributed by atoms with Crippen molar-refractivity contribution in [2.45, 2.75) is 0 Å². The van der Waals surface area contributed by atoms with Gasteiger partial charge in [0.25, 0.3) is 0 Å². The van der Waals surface area contributed by atoms with Crippen LogP contribution < -0.4 is 0 Å². The Balaban J connectivity index is 2.12. The highest BCUT2D eigenvalue weighted by atomic mass is 16.3. The van der Waals surface area contributed by atoms with Crippen molar-refractivity contribution in [1.29, 1.82) is 0 Å². The first-order valence-electron chi connectivity index (χ1n) is 6.21. The minimum atomic E-state index is 0.214. The monoisotopic (exact) mass is 248 g/mol. The van der Waals surface area contributed by atoms with Gasteiger partial charge in [-0.25, -0.2) is 0 Å². The molecule has 3 N–H and O–H groups in total. The predicted molar refractivity (Wildman–Crippen MR) is 77.3 cm³/mol. The lowest BCUT2D eigenvalue weighted by molar-refractivity contribution is 0.460. The largest absolute Gasteiger partial charge is 0.494 e. The van der Waals surface area contributed by atoms with E-state index in [4.69, 9.17) is 0 Å². The third-order valence-corrected chi connectivity index (χ3v) is 3.54. The Labute approximate surface area is 109 Å². The van der Waals surface area contributed by atoms with Gasteiger partial charge in [-0.1, -0.05) is 36.4 Å². The standard InChI is InChI=1S/C16H12N2O/c19-16-15(11-6-2-4-8-14(11)18-16)12-9-17-13-7-3-1-5-10(12)13/h1-9,17-19H. The van der Waals surface area contributed by atoms with Crippen LogP contribution in [-0.4, -0.2) is 15.1 Å². The van der Waals surface area contributed by atoms with Crippen LogP contribution in [-0.2, 0) is 0 Å². The van der Waals surface area contributed by atoms with Gasteiger partial charge >= 0.3 is 0 Å². The van der Waals surface area contributed by atoms with Crippen LogP contribution in [0.15, 0.2) is 54.7 Å². The van der Waals surface area contributed by atoms with E-state index in [2.05, 4.69) is 16.0 Å². The number of aromatic hydroxyl groups is 1. The molecule has 2 aromatic heterocycles. The zero-order valence-electron chi connectivity index (χ0n) is 10.1. The zero-order valence-corrected chi connectivity index (χ0v) is 10.1. The maximum absolute atomic E-state index is 10.2. The lowest BCUT2D eigenvalue weighted by atomic mass is 10.0. The summed E-state index contributed by atoms with van der Waals surface area (Å²) in [4.78, 5) is 6.27. The van der Waals surface area contributed by atoms with Gasteiger partial charge in [-0.2, -0.15) is 0 Å². The molecule has 0 bridgehead atoms. The number of nitrogens with one attached hydrogen (secondary N) is 2. The number of aromatic amines is 2. The molecule has 0 fully saturated rings. The highest BCUT2D eigenvalue weighted by Gasteiger charge is 2.15. The van der Waals surface area contributed by atoms with Crippen molar-refractivity contribution >= 4 is 21.8 Å². The van der Waals surface area contributed by atoms with Gasteiger partial charge in [-0.05, 0) is 12.1 Å². The maximum Gasteiger partial charge on any atom is 0.197 e. The summed E-state index contributed by atoms with van der Waals surface area (Å²) in [5.41, 5.74) is 3.89. The molecule has 0 unspecified atom stereocenters. The minimum absolute atomic E-state index is 0.214. The van der Waals surface area contributed by atoms with Gasteiger partial charge in [0, 0.05) is 33.6 Å². The van der Waals surface area contributed by atoms with Gasteiger partial charge in [0.2, 0.25) is 0 Å². The van der Waals surface area contributed by atoms with Gasteiger partial charge in [0.1, 0.15) is 0 Å². The number of rotatable bonds is 1. The smallest absolute Gasteiger partial charge is 0.197 e. The fourth-order valence-corrected chi connectivity index (χ4v) is 2.68. The molecule has 0 atom stereocenters. The second-order valence-electron chi connectivity index (χ2n) is 4.64. The van der Waals surface area contributed by atoms with Crippen molar-refractivity contribution in [3.05, 3.63) is 54.7 Å². The number of hydrogen-bond acceptors (Lipinski definition) is 1. The second-order valence-corrected chi connectivity index (χ2v) is 4.64. The molecular formula is C16H12N2O. The molecule has 92 valence electrons. The van der Waals surface area contributed by atoms with Gasteiger partial charge < -0.3 is 15.1 Å². The van der Waals surface area contributed by atoms with Crippen LogP contribution in [0.3, 0.4) is 0 Å². The van der Waals surface area contributed by atoms with E-state index in [1.807, 2.05) is 48.7 Å². The van der Waals surface area contributed by atoms with E-state index in [0.29, 0.717) is 0 Å². The molecule has 2 heterocycles. The number of fused-ring (bicyclic) bond motifs is 2. The summed E-state index contributed by atoms with van der Waals surface area (Å²) in [6.07, 6.45) is 1.94. The van der Waals surface area contributed by atoms with E-state index in [-0.39, 0.29) is 5.88 Å². The van der Waals surface area contributed by atoms with Crippen molar-refractivity contribution in [2.75, 3.05) is 0 Å². The van der Waals surface area contributed by atoms with E-state index >= 15 is 0 Å². The van der Waals surface area contributed by atoms with Crippen molar-refractivity contribution in [1.82, 2.24) is 9.97 Å². The Morgan fingerprint density at radius 3 is 2.32 bits per heavy atom. The normalized spacial score (nSPS) is 11.4. The molecule has 0 radical (unpaired) electrons. The summed E-state index contributed by atoms with van der Waals surface area (Å²) in [6, 6.07) is 16.0. The van der Waals surface area contributed by atoms with Crippen LogP contribution in [0.1, 0.15) is 0 Å². The molecule has 0 aliphatic heterocycles. The lowest BCUT2D eigenvalue weighted by Crippen LogP contribution is -1.74. The molecule has 0 amide bonds. The molecule has 3 nitrogen and oxygen atoms in total. The fraction of sp³-hybridized carbons (Fsp3) is 0. The molecule has 4 aromatic rings. The van der Waals surface area contributed by atoms with E-state index < -0.39 is 0 Å². The molecule has 0 saturated carbocycles. The quantitative estimate of drug-likeness (QED) is 0.468. The van der Waals surface area contributed by atoms with Gasteiger partial charge in [-0.3, -0.25) is 0 Å². The number of para-hydroxylation sites is 2. The van der Waals surface area contributed by atoms with Crippen molar-refractivity contribution < 1.29 is 5.11 Å². The van der Waals surface area contributed by atoms with Crippen LogP contribution in [0.5, 0.6) is 5.88 Å². The maximum atomic E-state index is 10.2. The Morgan fingerprint density at radius 1 is 0.789 bits per heavy atom. The Bertz CT molecular complexity index is 886. The Kier molecular flexibility index (Phi) is 1.97. The molecule has 2 aromatic carbocycles. The highest BCUT2D eigenvalue weighted by molar-refractivity contribution is 6.06. The molecule has 0 aliphatic rings. The first-order chi connectivity index (χ1) is 9.34. The van der Waals surface area contributed by atoms with Crippen molar-refractivity contribution in [2.24, 2.45) is 0 Å². The predicted octanol–water partition coefficient (Wildman–Crippen LogP) is 4.02. The average molecular weight is 248 g/mol. The van der Waals surface area contributed by atoms with Gasteiger partial charge in [0.15, 0.2) is 5.88 Å². The number of hydrogen-bond donors (Lipinski definition) is 3. The number of H-pyrrole nitrogens is 2. The SMILES string of the molecule is Oc1[nH]c2ccccc2c1-c1c[nH]c2ccccc12. The third-order valence-electron chi connectivity index (χ3n) is 3.54. The van der Waals surface area contributed by atoms with Crippen LogP contribution in [0.25, 0.3) is 32.9 Å². The molecule has 4 rings (SSSR count). The fourth-order valence-electron chi connectivity index (χ4n) is 2.68. The number of benzene rings is 2. The molecule has 3 heteroatoms. The van der Waals surface area contributed by atoms with Gasteiger partial charge in [0.05, 0.1) is 5.56 Å². The zero-order chi connectivity index (χ0) is 12.8. The van der Waals surface area contributed by atoms with Crippen LogP contribution in [0, 0.1) is 0 Å². The second kappa shape index (κ2) is 3.65. The average Bonchev–Trinajstić information content (AvgIpc) is 2.98. The van der Waals surface area contributed by atoms with Crippen LogP contribution >= 0.6 is 0 Å². The topological polar surface area (TPSA) is 51.8 Å². The molecule has 0 saturated heterocycles. The van der Waals surface area contributed by atoms with E-state index in [0.717, 1.165) is 32.9 Å². The summed E-state index contributed by atoms with van der Waals surface area (Å²) in [6.45, 7) is 0. The first kappa shape index (κ1) is 10.3. The molecule has 0 aliphatic carbocycles. The van der Waals surface area contributed by atoms with E-state index in [9.17, 15) is 5.11 Å². The summed E-state index contributed by atoms with van der Waals surface area (Å²) in [5, 5.41) is 12.3.